The summed E-state index contributed by atoms with van der Waals surface area (Å²) < 4.78 is 55.6. The molecule has 0 spiro atoms. The highest BCUT2D eigenvalue weighted by atomic mass is 127. The van der Waals surface area contributed by atoms with E-state index >= 15 is 4.79 Å². The quantitative estimate of drug-likeness (QED) is 0.0789. The highest BCUT2D eigenvalue weighted by Crippen LogP contribution is 2.64. The van der Waals surface area contributed by atoms with Gasteiger partial charge in [0.1, 0.15) is 17.8 Å². The summed E-state index contributed by atoms with van der Waals surface area (Å²) >= 11 is 6.12. The number of aliphatic hydroxyl groups is 2. The number of halogens is 2. The third-order valence-electron chi connectivity index (χ3n) is 10.4. The molecule has 1 aromatic rings. The average Bonchev–Trinajstić information content (AvgIpc) is 3.03. The van der Waals surface area contributed by atoms with E-state index in [-0.39, 0.29) is 30.5 Å². The zero-order valence-electron chi connectivity index (χ0n) is 29.5. The molecule has 2 bridgehead atoms. The van der Waals surface area contributed by atoms with Crippen LogP contribution in [0.2, 0.25) is 0 Å². The summed E-state index contributed by atoms with van der Waals surface area (Å²) in [6.45, 7) is 8.06. The van der Waals surface area contributed by atoms with Gasteiger partial charge in [0, 0.05) is 36.2 Å². The number of hydrogen-bond acceptors (Lipinski definition) is 12. The molecule has 1 aliphatic heterocycles. The number of Topliss-reactive ketones (excluding diaryl/α,β-unsaturated/α-hetero) is 1. The monoisotopic (exact) mass is 955 g/mol. The molecular weight excluding hydrogens is 912 g/mol. The fourth-order valence-electron chi connectivity index (χ4n) is 8.04. The predicted molar refractivity (Wildman–Crippen MR) is 202 cm³/mol. The van der Waals surface area contributed by atoms with Gasteiger partial charge in [-0.15, -0.1) is 0 Å². The maximum atomic E-state index is 15.5. The van der Waals surface area contributed by atoms with Crippen LogP contribution in [0.15, 0.2) is 41.5 Å². The van der Waals surface area contributed by atoms with E-state index in [1.165, 1.54) is 6.92 Å². The van der Waals surface area contributed by atoms with Crippen molar-refractivity contribution < 1.29 is 47.2 Å². The lowest BCUT2D eigenvalue weighted by Gasteiger charge is -2.67. The first-order valence-electron chi connectivity index (χ1n) is 16.3. The van der Waals surface area contributed by atoms with Gasteiger partial charge in [-0.3, -0.25) is 13.8 Å². The Kier molecular flexibility index (Phi) is 11.1. The fourth-order valence-corrected chi connectivity index (χ4v) is 11.6. The second kappa shape index (κ2) is 15.2. The van der Waals surface area contributed by atoms with Gasteiger partial charge in [-0.2, -0.15) is 0 Å². The van der Waals surface area contributed by atoms with E-state index < -0.39 is 88.5 Å². The van der Waals surface area contributed by atoms with Crippen LogP contribution in [-0.4, -0.2) is 91.2 Å². The molecule has 1 heterocycles. The van der Waals surface area contributed by atoms with Gasteiger partial charge in [-0.25, -0.2) is 4.79 Å². The van der Waals surface area contributed by atoms with Crippen LogP contribution in [0.1, 0.15) is 57.8 Å². The molecule has 5 rings (SSSR count). The van der Waals surface area contributed by atoms with Crippen LogP contribution in [-0.2, 0) is 32.2 Å². The Balaban J connectivity index is 1.81. The Hall–Kier alpha value is 0.390. The van der Waals surface area contributed by atoms with E-state index in [0.717, 1.165) is 24.1 Å². The van der Waals surface area contributed by atoms with Crippen LogP contribution in [0.3, 0.4) is 0 Å². The molecule has 3 aliphatic carbocycles. The van der Waals surface area contributed by atoms with Crippen LogP contribution >= 0.6 is 80.5 Å². The zero-order valence-corrected chi connectivity index (χ0v) is 34.2. The standard InChI is InChI=1S/C31H40I2O10P2S2/c1-16-19(42-46-14-44-32)12-31(38)26(40-27(37)18-9-7-6-8-10-18)24-29(5,20(35)11-21-30(24,13-39-21)41-17(2)34)25(36)23(43-47-15-45-33)22(16)28(31,3)4/h6-10,19-21,23-24,26,35,38,44-45H,11-15H2,1-5H3/t19-,20-,21?,23+,24?,26?,29+,30-,31+,44?,45?/m0/s1/i35D,44D,45D. The highest BCUT2D eigenvalue weighted by molar-refractivity contribution is 14.2. The van der Waals surface area contributed by atoms with Gasteiger partial charge < -0.3 is 28.6 Å². The van der Waals surface area contributed by atoms with E-state index in [4.69, 9.17) is 31.7 Å². The SMILES string of the molecule is [2H]O[C@H]1CC2OC[C@@]2(OC(C)=O)C2C(OC(=O)c3ccccc3)[C@]3(O)C[C@H](OSCP([2H])I)C(C)=C([C@@H](OSCP([2H])I)C(=O)[C@@]21C)C3(C)C. The molecule has 0 amide bonds. The van der Waals surface area contributed by atoms with E-state index in [1.54, 1.807) is 51.1 Å². The van der Waals surface area contributed by atoms with Gasteiger partial charge >= 0.3 is 11.9 Å². The first-order chi connectivity index (χ1) is 23.5. The summed E-state index contributed by atoms with van der Waals surface area (Å²) in [5.74, 6) is -3.20. The van der Waals surface area contributed by atoms with Crippen LogP contribution in [0.25, 0.3) is 0 Å². The Morgan fingerprint density at radius 1 is 1.15 bits per heavy atom. The van der Waals surface area contributed by atoms with Gasteiger partial charge in [0.25, 0.3) is 0 Å². The topological polar surface area (TPSA) is 138 Å². The molecule has 0 aromatic heterocycles. The van der Waals surface area contributed by atoms with Gasteiger partial charge in [0.05, 0.1) is 38.3 Å². The smallest absolute Gasteiger partial charge is 0.338 e. The number of hydrogen-bond donors (Lipinski definition) is 2. The molecule has 260 valence electrons. The van der Waals surface area contributed by atoms with Crippen molar-refractivity contribution in [3.8, 4) is 0 Å². The second-order valence-corrected chi connectivity index (χ2v) is 20.5. The third-order valence-corrected chi connectivity index (χ3v) is 17.8. The molecule has 4 aliphatic rings. The maximum absolute atomic E-state index is 15.5. The van der Waals surface area contributed by atoms with Crippen LogP contribution < -0.4 is 0 Å². The van der Waals surface area contributed by atoms with Crippen LogP contribution in [0, 0.1) is 16.7 Å². The molecule has 47 heavy (non-hydrogen) atoms. The minimum atomic E-state index is -1.99. The Morgan fingerprint density at radius 2 is 1.81 bits per heavy atom. The van der Waals surface area contributed by atoms with Gasteiger partial charge in [0.2, 0.25) is 1.43 Å². The van der Waals surface area contributed by atoms with Gasteiger partial charge in [-0.1, -0.05) is 76.1 Å². The summed E-state index contributed by atoms with van der Waals surface area (Å²) in [5.41, 5.74) is -4.64. The number of fused-ring (bicyclic) bond motifs is 5. The van der Waals surface area contributed by atoms with Crippen molar-refractivity contribution in [3.05, 3.63) is 47.0 Å². The lowest BCUT2D eigenvalue weighted by atomic mass is 9.44. The number of rotatable bonds is 12. The van der Waals surface area contributed by atoms with Crippen molar-refractivity contribution in [2.75, 3.05) is 17.6 Å². The second-order valence-electron chi connectivity index (χ2n) is 13.0. The van der Waals surface area contributed by atoms with E-state index in [1.807, 2.05) is 51.0 Å². The molecule has 2 N–H and O–H groups in total. The van der Waals surface area contributed by atoms with Crippen molar-refractivity contribution in [1.82, 2.24) is 0 Å². The third kappa shape index (κ3) is 6.63. The Labute approximate surface area is 317 Å². The molecule has 3 fully saturated rings. The predicted octanol–water partition coefficient (Wildman–Crippen LogP) is 6.40. The molecule has 1 saturated heterocycles. The summed E-state index contributed by atoms with van der Waals surface area (Å²) in [6, 6.07) is 8.27. The summed E-state index contributed by atoms with van der Waals surface area (Å²) in [5, 5.41) is 18.8. The molecular formula is C31H40I2O10P2S2. The Morgan fingerprint density at radius 3 is 2.38 bits per heavy atom. The van der Waals surface area contributed by atoms with Crippen molar-refractivity contribution in [3.63, 3.8) is 0 Å². The summed E-state index contributed by atoms with van der Waals surface area (Å²) in [6.07, 6.45) is -7.98. The molecule has 10 nitrogen and oxygen atoms in total. The van der Waals surface area contributed by atoms with E-state index in [0.29, 0.717) is 16.6 Å². The first-order valence-corrected chi connectivity index (χ1v) is 24.6. The number of ketones is 1. The fraction of sp³-hybridized carbons (Fsp3) is 0.645. The Bertz CT molecular complexity index is 1500. The van der Waals surface area contributed by atoms with Gasteiger partial charge in [0.15, 0.2) is 17.5 Å². The molecule has 5 unspecified atom stereocenters. The number of benzene rings is 1. The molecule has 11 atom stereocenters. The largest absolute Gasteiger partial charge is 0.455 e. The minimum Gasteiger partial charge on any atom is -0.455 e. The number of aliphatic hydroxyl groups excluding tert-OH is 1. The van der Waals surface area contributed by atoms with Gasteiger partial charge in [-0.05, 0) is 73.5 Å². The average molecular weight is 956 g/mol. The van der Waals surface area contributed by atoms with Crippen molar-refractivity contribution in [2.24, 2.45) is 16.7 Å². The minimum absolute atomic E-state index is 0.00907. The molecule has 16 heteroatoms. The lowest BCUT2D eigenvalue weighted by Crippen LogP contribution is -2.81. The van der Waals surface area contributed by atoms with E-state index in [2.05, 4.69) is 0 Å². The normalized spacial score (nSPS) is 39.7. The van der Waals surface area contributed by atoms with Crippen molar-refractivity contribution in [2.45, 2.75) is 89.2 Å². The van der Waals surface area contributed by atoms with Crippen molar-refractivity contribution in [1.29, 1.82) is 3.99 Å². The van der Waals surface area contributed by atoms with Crippen LogP contribution in [0.4, 0.5) is 0 Å². The van der Waals surface area contributed by atoms with E-state index in [9.17, 15) is 14.7 Å². The highest BCUT2D eigenvalue weighted by Gasteiger charge is 2.78. The number of carbonyl (C=O) groups excluding carboxylic acids is 3. The lowest BCUT2D eigenvalue weighted by molar-refractivity contribution is -0.345. The first kappa shape index (κ1) is 34.5. The van der Waals surface area contributed by atoms with Crippen LogP contribution in [0.5, 0.6) is 0 Å². The number of carbonyl (C=O) groups is 3. The summed E-state index contributed by atoms with van der Waals surface area (Å²) in [7, 11) is 0. The molecule has 0 radical (unpaired) electrons. The summed E-state index contributed by atoms with van der Waals surface area (Å²) in [4.78, 5) is 42.5. The van der Waals surface area contributed by atoms with Crippen molar-refractivity contribution >= 4 is 98.2 Å². The molecule has 2 saturated carbocycles. The molecule has 1 aromatic carbocycles. The number of esters is 2. The number of ether oxygens (including phenoxy) is 3. The zero-order chi connectivity index (χ0) is 36.8. The maximum Gasteiger partial charge on any atom is 0.338 e.